The summed E-state index contributed by atoms with van der Waals surface area (Å²) in [6.07, 6.45) is -0.531. The van der Waals surface area contributed by atoms with Gasteiger partial charge in [0.05, 0.1) is 50.8 Å². The topological polar surface area (TPSA) is 148 Å². The van der Waals surface area contributed by atoms with Gasteiger partial charge < -0.3 is 10.0 Å². The van der Waals surface area contributed by atoms with Crippen molar-refractivity contribution in [3.8, 4) is 5.75 Å². The number of hydrogen-bond acceptors (Lipinski definition) is 10. The zero-order chi connectivity index (χ0) is 46.8. The SMILES string of the molecule is C=CCc1cccc(C2C3=CCC4C(=O)N(c5ccc(N=Nc6ccc(N(C)C)cc6)cc5)C(=O)C4C3CC3C(=O)N(Nc4ncc(C(F)(F)F)cc4Cl)C(=O)C32c2ccc(Cl)cc2)c1O. The molecule has 0 spiro atoms. The predicted molar refractivity (Wildman–Crippen MR) is 243 cm³/mol. The lowest BCUT2D eigenvalue weighted by Crippen LogP contribution is -2.53. The Morgan fingerprint density at radius 1 is 0.909 bits per heavy atom. The standard InChI is InChI=1S/C49H40Cl2F3N7O5/c1-4-6-26-7-5-8-36(42(26)62)41-34-21-22-35-40(46(65)60(44(35)63)33-19-15-31(16-20-33)57-56-30-13-17-32(18-14-30)59(2)3)37(34)24-38-45(64)61(47(66)48(38,41)27-9-11-29(50)12-10-27)58-43-39(51)23-28(25-55-43)49(52,53)54/h4-5,7-21,23,25,35,37-38,40-41,62H,1,6,22,24H2,2-3H3,(H,55,58). The van der Waals surface area contributed by atoms with E-state index in [0.717, 1.165) is 10.6 Å². The third-order valence-corrected chi connectivity index (χ3v) is 13.7. The third-order valence-electron chi connectivity index (χ3n) is 13.1. The highest BCUT2D eigenvalue weighted by Gasteiger charge is 2.71. The maximum Gasteiger partial charge on any atom is 0.417 e. The number of para-hydroxylation sites is 1. The molecule has 17 heteroatoms. The lowest BCUT2D eigenvalue weighted by molar-refractivity contribution is -0.139. The largest absolute Gasteiger partial charge is 0.507 e. The Morgan fingerprint density at radius 3 is 2.20 bits per heavy atom. The van der Waals surface area contributed by atoms with Gasteiger partial charge in [-0.2, -0.15) is 28.4 Å². The summed E-state index contributed by atoms with van der Waals surface area (Å²) in [5.74, 6) is -8.03. The zero-order valence-corrected chi connectivity index (χ0v) is 36.9. The fraction of sp³-hybridized carbons (Fsp3) is 0.245. The van der Waals surface area contributed by atoms with Crippen molar-refractivity contribution in [1.82, 2.24) is 9.99 Å². The first-order chi connectivity index (χ1) is 31.5. The Balaban J connectivity index is 1.13. The minimum absolute atomic E-state index is 0.0993. The number of nitrogens with one attached hydrogen (secondary N) is 1. The fourth-order valence-electron chi connectivity index (χ4n) is 10.1. The van der Waals surface area contributed by atoms with Gasteiger partial charge in [0.25, 0.3) is 11.8 Å². The van der Waals surface area contributed by atoms with Crippen molar-refractivity contribution in [2.24, 2.45) is 33.9 Å². The molecule has 3 heterocycles. The highest BCUT2D eigenvalue weighted by molar-refractivity contribution is 6.33. The van der Waals surface area contributed by atoms with E-state index in [9.17, 15) is 27.9 Å². The normalized spacial score (nSPS) is 23.7. The number of rotatable bonds is 10. The summed E-state index contributed by atoms with van der Waals surface area (Å²) in [7, 11) is 3.87. The van der Waals surface area contributed by atoms with Crippen LogP contribution in [-0.4, -0.2) is 52.8 Å². The number of phenolic OH excluding ortho intramolecular Hbond substituents is 1. The zero-order valence-electron chi connectivity index (χ0n) is 35.3. The molecule has 4 aliphatic rings. The van der Waals surface area contributed by atoms with Crippen LogP contribution >= 0.6 is 23.2 Å². The summed E-state index contributed by atoms with van der Waals surface area (Å²) >= 11 is 12.7. The van der Waals surface area contributed by atoms with Gasteiger partial charge in [0, 0.05) is 42.5 Å². The van der Waals surface area contributed by atoms with E-state index in [1.807, 2.05) is 49.3 Å². The maximum atomic E-state index is 15.5. The number of hydrogen-bond donors (Lipinski definition) is 2. The monoisotopic (exact) mass is 933 g/mol. The molecular formula is C49H40Cl2F3N7O5. The van der Waals surface area contributed by atoms with E-state index < -0.39 is 81.2 Å². The van der Waals surface area contributed by atoms with Crippen LogP contribution in [-0.2, 0) is 37.2 Å². The Bertz CT molecular complexity index is 2870. The molecule has 2 aliphatic heterocycles. The Labute approximate surface area is 387 Å². The fourth-order valence-corrected chi connectivity index (χ4v) is 10.5. The van der Waals surface area contributed by atoms with Crippen molar-refractivity contribution >= 4 is 75.4 Å². The van der Waals surface area contributed by atoms with E-state index in [0.29, 0.717) is 56.1 Å². The van der Waals surface area contributed by atoms with Crippen LogP contribution in [0.2, 0.25) is 10.0 Å². The number of carbonyl (C=O) groups excluding carboxylic acids is 4. The number of fused-ring (bicyclic) bond motifs is 4. The van der Waals surface area contributed by atoms with Crippen LogP contribution in [0.5, 0.6) is 5.75 Å². The molecule has 0 radical (unpaired) electrons. The molecule has 0 bridgehead atoms. The number of amides is 4. The first-order valence-electron chi connectivity index (χ1n) is 21.0. The van der Waals surface area contributed by atoms with E-state index in [2.05, 4.69) is 27.2 Å². The number of carbonyl (C=O) groups is 4. The van der Waals surface area contributed by atoms with Crippen LogP contribution < -0.4 is 15.2 Å². The number of anilines is 3. The number of nitrogens with zero attached hydrogens (tertiary/aromatic N) is 6. The van der Waals surface area contributed by atoms with Crippen LogP contribution in [0.4, 0.5) is 41.7 Å². The Kier molecular flexibility index (Phi) is 11.3. The molecule has 6 atom stereocenters. The van der Waals surface area contributed by atoms with Crippen LogP contribution in [0.1, 0.15) is 41.0 Å². The van der Waals surface area contributed by atoms with Crippen molar-refractivity contribution in [2.45, 2.75) is 36.8 Å². The van der Waals surface area contributed by atoms with E-state index in [1.54, 1.807) is 72.8 Å². The molecule has 66 heavy (non-hydrogen) atoms. The average molecular weight is 935 g/mol. The van der Waals surface area contributed by atoms with E-state index in [4.69, 9.17) is 23.2 Å². The van der Waals surface area contributed by atoms with Gasteiger partial charge in [0.2, 0.25) is 11.8 Å². The summed E-state index contributed by atoms with van der Waals surface area (Å²) in [5.41, 5.74) is 3.77. The second-order valence-electron chi connectivity index (χ2n) is 16.9. The number of alkyl halides is 3. The smallest absolute Gasteiger partial charge is 0.417 e. The van der Waals surface area contributed by atoms with Crippen LogP contribution in [0.25, 0.3) is 0 Å². The van der Waals surface area contributed by atoms with Crippen molar-refractivity contribution < 1.29 is 37.5 Å². The van der Waals surface area contributed by atoms with Gasteiger partial charge in [-0.25, -0.2) is 4.98 Å². The van der Waals surface area contributed by atoms with Crippen LogP contribution in [0.3, 0.4) is 0 Å². The van der Waals surface area contributed by atoms with E-state index in [1.165, 1.54) is 0 Å². The van der Waals surface area contributed by atoms with Gasteiger partial charge in [0.1, 0.15) is 5.75 Å². The summed E-state index contributed by atoms with van der Waals surface area (Å²) in [5, 5.41) is 21.3. The number of allylic oxidation sites excluding steroid dienone is 3. The van der Waals surface area contributed by atoms with Crippen molar-refractivity contribution in [3.05, 3.63) is 160 Å². The number of aromatic hydroxyl groups is 1. The molecule has 2 N–H and O–H groups in total. The minimum atomic E-state index is -4.77. The van der Waals surface area contributed by atoms with Crippen LogP contribution in [0.15, 0.2) is 138 Å². The molecule has 2 saturated heterocycles. The quantitative estimate of drug-likeness (QED) is 0.0799. The predicted octanol–water partition coefficient (Wildman–Crippen LogP) is 10.5. The molecule has 2 aliphatic carbocycles. The number of azo groups is 1. The van der Waals surface area contributed by atoms with E-state index in [-0.39, 0.29) is 30.6 Å². The van der Waals surface area contributed by atoms with Gasteiger partial charge in [0.15, 0.2) is 5.82 Å². The summed E-state index contributed by atoms with van der Waals surface area (Å²) in [6, 6.07) is 26.1. The van der Waals surface area contributed by atoms with E-state index >= 15 is 9.59 Å². The molecule has 4 amide bonds. The molecule has 336 valence electrons. The third kappa shape index (κ3) is 7.30. The molecule has 1 aromatic heterocycles. The van der Waals surface area contributed by atoms with Gasteiger partial charge in [-0.05, 0) is 103 Å². The molecular weight excluding hydrogens is 894 g/mol. The molecule has 9 rings (SSSR count). The number of pyridine rings is 1. The second-order valence-corrected chi connectivity index (χ2v) is 17.7. The molecule has 3 fully saturated rings. The lowest BCUT2D eigenvalue weighted by atomic mass is 9.49. The Morgan fingerprint density at radius 2 is 1.58 bits per heavy atom. The molecule has 5 aromatic rings. The molecule has 1 saturated carbocycles. The number of imide groups is 2. The molecule has 6 unspecified atom stereocenters. The van der Waals surface area contributed by atoms with Crippen molar-refractivity contribution in [1.29, 1.82) is 0 Å². The number of hydrazine groups is 1. The first-order valence-corrected chi connectivity index (χ1v) is 21.7. The van der Waals surface area contributed by atoms with Gasteiger partial charge in [-0.3, -0.25) is 29.5 Å². The highest BCUT2D eigenvalue weighted by Crippen LogP contribution is 2.65. The van der Waals surface area contributed by atoms with Crippen molar-refractivity contribution in [2.75, 3.05) is 29.3 Å². The summed E-state index contributed by atoms with van der Waals surface area (Å²) in [6.45, 7) is 3.83. The summed E-state index contributed by atoms with van der Waals surface area (Å²) < 4.78 is 40.8. The number of halogens is 5. The number of benzene rings is 4. The van der Waals surface area contributed by atoms with Crippen LogP contribution in [0, 0.1) is 23.7 Å². The molecule has 12 nitrogen and oxygen atoms in total. The molecule has 4 aromatic carbocycles. The summed E-state index contributed by atoms with van der Waals surface area (Å²) in [4.78, 5) is 66.8. The lowest BCUT2D eigenvalue weighted by Gasteiger charge is -2.50. The Hall–Kier alpha value is -6.84. The second kappa shape index (κ2) is 16.9. The van der Waals surface area contributed by atoms with Gasteiger partial charge in [-0.15, -0.1) is 6.58 Å². The van der Waals surface area contributed by atoms with Gasteiger partial charge in [-0.1, -0.05) is 71.3 Å². The van der Waals surface area contributed by atoms with Crippen molar-refractivity contribution in [3.63, 3.8) is 0 Å². The number of phenols is 1. The highest BCUT2D eigenvalue weighted by atomic mass is 35.5. The first kappa shape index (κ1) is 44.4. The average Bonchev–Trinajstić information content (AvgIpc) is 3.67. The van der Waals surface area contributed by atoms with Gasteiger partial charge >= 0.3 is 6.18 Å². The minimum Gasteiger partial charge on any atom is -0.507 e. The number of aromatic nitrogens is 1. The maximum absolute atomic E-state index is 15.5.